The molecule has 4 aromatic rings. The van der Waals surface area contributed by atoms with Gasteiger partial charge in [-0.2, -0.15) is 10.4 Å². The maximum absolute atomic E-state index is 9.03. The largest absolute Gasteiger partial charge is 0.469 e. The molecule has 4 heterocycles. The lowest BCUT2D eigenvalue weighted by Gasteiger charge is -2.34. The van der Waals surface area contributed by atoms with Crippen molar-refractivity contribution in [1.29, 1.82) is 5.26 Å². The number of hydrogen-bond acceptors (Lipinski definition) is 7. The highest BCUT2D eigenvalue weighted by atomic mass is 16.5. The zero-order valence-electron chi connectivity index (χ0n) is 19.7. The summed E-state index contributed by atoms with van der Waals surface area (Å²) < 4.78 is 8.18. The van der Waals surface area contributed by atoms with Crippen molar-refractivity contribution >= 4 is 5.69 Å². The average molecular weight is 466 g/mol. The van der Waals surface area contributed by atoms with Gasteiger partial charge in [0.05, 0.1) is 30.0 Å². The summed E-state index contributed by atoms with van der Waals surface area (Å²) in [5.74, 6) is 0.761. The molecule has 176 valence electrons. The first-order chi connectivity index (χ1) is 17.1. The second kappa shape index (κ2) is 9.95. The van der Waals surface area contributed by atoms with Crippen molar-refractivity contribution in [2.45, 2.75) is 25.0 Å². The first kappa shape index (κ1) is 22.6. The van der Waals surface area contributed by atoms with Crippen LogP contribution in [0.15, 0.2) is 73.3 Å². The summed E-state index contributed by atoms with van der Waals surface area (Å²) in [7, 11) is 1.90. The summed E-state index contributed by atoms with van der Waals surface area (Å²) in [6.07, 6.45) is 7.09. The number of ether oxygens (including phenoxy) is 1. The van der Waals surface area contributed by atoms with E-state index >= 15 is 0 Å². The van der Waals surface area contributed by atoms with Crippen molar-refractivity contribution in [3.63, 3.8) is 0 Å². The molecule has 1 aliphatic rings. The number of aryl methyl sites for hydroxylation is 1. The van der Waals surface area contributed by atoms with E-state index in [1.165, 1.54) is 0 Å². The summed E-state index contributed by atoms with van der Waals surface area (Å²) in [6, 6.07) is 18.2. The van der Waals surface area contributed by atoms with Crippen LogP contribution >= 0.6 is 0 Å². The molecular weight excluding hydrogens is 438 g/mol. The van der Waals surface area contributed by atoms with Crippen LogP contribution in [0.3, 0.4) is 0 Å². The predicted octanol–water partition coefficient (Wildman–Crippen LogP) is 4.06. The lowest BCUT2D eigenvalue weighted by molar-refractivity contribution is 0.149. The standard InChI is InChI=1S/C27H27N7O/c1-18(23-9-8-19(11-28)13-29-23)12-31-26(20-6-4-3-5-7-20)25-16-30-24-10-21(14-32-27(24)35-25)22-15-33-34(2)17-22/h3-10,13-15,17-18,25-26,30-31H,12,16H2,1-2H3/t18-,25+,26-/m1/s1. The number of benzene rings is 1. The number of fused-ring (bicyclic) bond motifs is 1. The molecule has 8 nitrogen and oxygen atoms in total. The van der Waals surface area contributed by atoms with E-state index in [0.717, 1.165) is 28.1 Å². The molecule has 0 spiro atoms. The Hall–Kier alpha value is -4.22. The highest BCUT2D eigenvalue weighted by molar-refractivity contribution is 5.69. The van der Waals surface area contributed by atoms with Crippen LogP contribution in [0.5, 0.6) is 5.88 Å². The minimum absolute atomic E-state index is 0.0440. The van der Waals surface area contributed by atoms with Gasteiger partial charge in [-0.05, 0) is 23.8 Å². The van der Waals surface area contributed by atoms with E-state index in [9.17, 15) is 0 Å². The molecule has 3 aromatic heterocycles. The Morgan fingerprint density at radius 3 is 2.71 bits per heavy atom. The highest BCUT2D eigenvalue weighted by Gasteiger charge is 2.30. The Labute approximate surface area is 204 Å². The zero-order chi connectivity index (χ0) is 24.2. The Kier molecular flexibility index (Phi) is 6.42. The number of nitriles is 1. The molecule has 8 heteroatoms. The van der Waals surface area contributed by atoms with Gasteiger partial charge in [-0.25, -0.2) is 4.98 Å². The second-order valence-corrected chi connectivity index (χ2v) is 8.80. The van der Waals surface area contributed by atoms with Crippen LogP contribution < -0.4 is 15.4 Å². The van der Waals surface area contributed by atoms with Crippen molar-refractivity contribution < 1.29 is 4.74 Å². The lowest BCUT2D eigenvalue weighted by Crippen LogP contribution is -2.43. The molecule has 0 amide bonds. The third kappa shape index (κ3) is 5.00. The zero-order valence-corrected chi connectivity index (χ0v) is 19.7. The number of rotatable bonds is 7. The fourth-order valence-electron chi connectivity index (χ4n) is 4.28. The van der Waals surface area contributed by atoms with Gasteiger partial charge in [0.15, 0.2) is 0 Å². The average Bonchev–Trinajstić information content (AvgIpc) is 3.35. The number of hydrogen-bond donors (Lipinski definition) is 2. The molecule has 0 unspecified atom stereocenters. The Morgan fingerprint density at radius 2 is 2.00 bits per heavy atom. The van der Waals surface area contributed by atoms with Crippen molar-refractivity contribution in [3.05, 3.63) is 90.1 Å². The molecule has 0 saturated carbocycles. The first-order valence-corrected chi connectivity index (χ1v) is 11.6. The minimum atomic E-state index is -0.150. The quantitative estimate of drug-likeness (QED) is 0.425. The highest BCUT2D eigenvalue weighted by Crippen LogP contribution is 2.34. The fraction of sp³-hybridized carbons (Fsp3) is 0.259. The molecule has 3 atom stereocenters. The molecule has 1 aliphatic heterocycles. The summed E-state index contributed by atoms with van der Waals surface area (Å²) in [5, 5.41) is 20.5. The van der Waals surface area contributed by atoms with Crippen molar-refractivity contribution in [2.75, 3.05) is 18.4 Å². The van der Waals surface area contributed by atoms with Gasteiger partial charge in [0, 0.05) is 54.9 Å². The van der Waals surface area contributed by atoms with E-state index in [0.29, 0.717) is 24.5 Å². The van der Waals surface area contributed by atoms with E-state index in [2.05, 4.69) is 56.9 Å². The molecule has 5 rings (SSSR count). The second-order valence-electron chi connectivity index (χ2n) is 8.80. The first-order valence-electron chi connectivity index (χ1n) is 11.6. The number of aromatic nitrogens is 4. The van der Waals surface area contributed by atoms with Crippen LogP contribution in [0.1, 0.15) is 35.7 Å². The Balaban J connectivity index is 1.33. The van der Waals surface area contributed by atoms with E-state index in [4.69, 9.17) is 10.00 Å². The van der Waals surface area contributed by atoms with Gasteiger partial charge in [0.25, 0.3) is 0 Å². The molecule has 1 aromatic carbocycles. The van der Waals surface area contributed by atoms with Gasteiger partial charge in [0.1, 0.15) is 12.2 Å². The van der Waals surface area contributed by atoms with E-state index in [1.54, 1.807) is 10.9 Å². The Morgan fingerprint density at radius 1 is 1.14 bits per heavy atom. The molecule has 0 fully saturated rings. The molecule has 0 radical (unpaired) electrons. The third-order valence-corrected chi connectivity index (χ3v) is 6.24. The molecule has 0 saturated heterocycles. The van der Waals surface area contributed by atoms with Crippen LogP contribution in [0.4, 0.5) is 5.69 Å². The van der Waals surface area contributed by atoms with E-state index < -0.39 is 0 Å². The lowest BCUT2D eigenvalue weighted by atomic mass is 9.98. The van der Waals surface area contributed by atoms with Crippen LogP contribution in [-0.2, 0) is 7.05 Å². The summed E-state index contributed by atoms with van der Waals surface area (Å²) in [6.45, 7) is 3.47. The van der Waals surface area contributed by atoms with Crippen LogP contribution in [0, 0.1) is 11.3 Å². The number of nitrogens with one attached hydrogen (secondary N) is 2. The fourth-order valence-corrected chi connectivity index (χ4v) is 4.28. The maximum Gasteiger partial charge on any atom is 0.237 e. The molecule has 0 bridgehead atoms. The topological polar surface area (TPSA) is 101 Å². The van der Waals surface area contributed by atoms with Crippen LogP contribution in [0.2, 0.25) is 0 Å². The predicted molar refractivity (Wildman–Crippen MR) is 134 cm³/mol. The van der Waals surface area contributed by atoms with Gasteiger partial charge in [-0.15, -0.1) is 0 Å². The monoisotopic (exact) mass is 465 g/mol. The maximum atomic E-state index is 9.03. The van der Waals surface area contributed by atoms with Crippen LogP contribution in [0.25, 0.3) is 11.1 Å². The molecule has 0 aliphatic carbocycles. The van der Waals surface area contributed by atoms with Gasteiger partial charge >= 0.3 is 0 Å². The summed E-state index contributed by atoms with van der Waals surface area (Å²) in [5.41, 5.74) is 5.55. The molecular formula is C27H27N7O. The Bertz CT molecular complexity index is 1330. The van der Waals surface area contributed by atoms with E-state index in [1.807, 2.05) is 56.0 Å². The SMILES string of the molecule is C[C@H](CN[C@H](c1ccccc1)[C@@H]1CNc2cc(-c3cnn(C)c3)cnc2O1)c1ccc(C#N)cn1. The number of nitrogens with zero attached hydrogens (tertiary/aromatic N) is 5. The number of pyridine rings is 2. The molecule has 35 heavy (non-hydrogen) atoms. The minimum Gasteiger partial charge on any atom is -0.469 e. The van der Waals surface area contributed by atoms with Crippen molar-refractivity contribution in [3.8, 4) is 23.1 Å². The van der Waals surface area contributed by atoms with E-state index in [-0.39, 0.29) is 18.1 Å². The van der Waals surface area contributed by atoms with Crippen molar-refractivity contribution in [1.82, 2.24) is 25.1 Å². The van der Waals surface area contributed by atoms with Gasteiger partial charge < -0.3 is 15.4 Å². The van der Waals surface area contributed by atoms with Gasteiger partial charge in [-0.3, -0.25) is 9.67 Å². The number of anilines is 1. The molecule has 2 N–H and O–H groups in total. The van der Waals surface area contributed by atoms with Crippen molar-refractivity contribution in [2.24, 2.45) is 7.05 Å². The smallest absolute Gasteiger partial charge is 0.237 e. The third-order valence-electron chi connectivity index (χ3n) is 6.24. The van der Waals surface area contributed by atoms with Gasteiger partial charge in [0.2, 0.25) is 5.88 Å². The summed E-state index contributed by atoms with van der Waals surface area (Å²) >= 11 is 0. The summed E-state index contributed by atoms with van der Waals surface area (Å²) in [4.78, 5) is 9.06. The van der Waals surface area contributed by atoms with Gasteiger partial charge in [-0.1, -0.05) is 37.3 Å². The normalized spacial score (nSPS) is 16.3. The van der Waals surface area contributed by atoms with Crippen LogP contribution in [-0.4, -0.2) is 38.9 Å².